The van der Waals surface area contributed by atoms with Crippen molar-refractivity contribution < 1.29 is 4.74 Å². The highest BCUT2D eigenvalue weighted by molar-refractivity contribution is 5.51. The molecule has 1 unspecified atom stereocenters. The van der Waals surface area contributed by atoms with E-state index < -0.39 is 0 Å². The van der Waals surface area contributed by atoms with Gasteiger partial charge in [0.1, 0.15) is 0 Å². The molecule has 0 saturated carbocycles. The van der Waals surface area contributed by atoms with Crippen LogP contribution in [0.2, 0.25) is 0 Å². The zero-order valence-electron chi connectivity index (χ0n) is 10.4. The fourth-order valence-electron chi connectivity index (χ4n) is 1.18. The van der Waals surface area contributed by atoms with Gasteiger partial charge < -0.3 is 15.8 Å². The number of hydrogen-bond acceptors (Lipinski definition) is 4. The van der Waals surface area contributed by atoms with E-state index in [9.17, 15) is 0 Å². The SMILES string of the molecule is CCOc1cccnc1NC(C)(C)C(C)N. The van der Waals surface area contributed by atoms with Crippen LogP contribution >= 0.6 is 0 Å². The van der Waals surface area contributed by atoms with Crippen molar-refractivity contribution >= 4 is 5.82 Å². The van der Waals surface area contributed by atoms with Crippen molar-refractivity contribution in [2.24, 2.45) is 5.73 Å². The van der Waals surface area contributed by atoms with Gasteiger partial charge in [-0.3, -0.25) is 0 Å². The Morgan fingerprint density at radius 2 is 2.25 bits per heavy atom. The third kappa shape index (κ3) is 3.10. The summed E-state index contributed by atoms with van der Waals surface area (Å²) in [4.78, 5) is 4.27. The zero-order chi connectivity index (χ0) is 12.2. The summed E-state index contributed by atoms with van der Waals surface area (Å²) in [6.07, 6.45) is 1.74. The van der Waals surface area contributed by atoms with Gasteiger partial charge in [0, 0.05) is 17.8 Å². The number of pyridine rings is 1. The van der Waals surface area contributed by atoms with Crippen molar-refractivity contribution in [2.45, 2.75) is 39.3 Å². The zero-order valence-corrected chi connectivity index (χ0v) is 10.4. The van der Waals surface area contributed by atoms with Crippen LogP contribution in [0.3, 0.4) is 0 Å². The molecule has 0 bridgehead atoms. The molecule has 0 aliphatic rings. The van der Waals surface area contributed by atoms with Crippen LogP contribution in [0.25, 0.3) is 0 Å². The maximum Gasteiger partial charge on any atom is 0.169 e. The molecule has 0 aromatic carbocycles. The summed E-state index contributed by atoms with van der Waals surface area (Å²) in [5.41, 5.74) is 5.69. The lowest BCUT2D eigenvalue weighted by atomic mass is 9.97. The lowest BCUT2D eigenvalue weighted by molar-refractivity contribution is 0.338. The Morgan fingerprint density at radius 1 is 1.56 bits per heavy atom. The van der Waals surface area contributed by atoms with Crippen LogP contribution in [0.15, 0.2) is 18.3 Å². The first-order chi connectivity index (χ1) is 7.47. The maximum absolute atomic E-state index is 5.91. The van der Waals surface area contributed by atoms with Crippen molar-refractivity contribution in [3.05, 3.63) is 18.3 Å². The minimum atomic E-state index is -0.222. The molecular formula is C12H21N3O. The number of rotatable bonds is 5. The molecule has 0 spiro atoms. The summed E-state index contributed by atoms with van der Waals surface area (Å²) in [7, 11) is 0. The predicted octanol–water partition coefficient (Wildman–Crippen LogP) is 2.02. The topological polar surface area (TPSA) is 60.2 Å². The fourth-order valence-corrected chi connectivity index (χ4v) is 1.18. The first-order valence-electron chi connectivity index (χ1n) is 5.59. The van der Waals surface area contributed by atoms with Crippen LogP contribution in [0, 0.1) is 0 Å². The molecule has 3 N–H and O–H groups in total. The summed E-state index contributed by atoms with van der Waals surface area (Å²) in [5, 5.41) is 3.31. The lowest BCUT2D eigenvalue weighted by Crippen LogP contribution is -2.47. The minimum absolute atomic E-state index is 0.0176. The Labute approximate surface area is 97.2 Å². The summed E-state index contributed by atoms with van der Waals surface area (Å²) in [5.74, 6) is 1.50. The van der Waals surface area contributed by atoms with Crippen molar-refractivity contribution in [2.75, 3.05) is 11.9 Å². The second-order valence-corrected chi connectivity index (χ2v) is 4.42. The van der Waals surface area contributed by atoms with Crippen LogP contribution < -0.4 is 15.8 Å². The van der Waals surface area contributed by atoms with Gasteiger partial charge in [-0.05, 0) is 39.8 Å². The molecule has 0 amide bonds. The molecule has 1 heterocycles. The van der Waals surface area contributed by atoms with E-state index in [2.05, 4.69) is 10.3 Å². The highest BCUT2D eigenvalue weighted by Gasteiger charge is 2.24. The van der Waals surface area contributed by atoms with Gasteiger partial charge >= 0.3 is 0 Å². The van der Waals surface area contributed by atoms with Crippen molar-refractivity contribution in [3.8, 4) is 5.75 Å². The highest BCUT2D eigenvalue weighted by atomic mass is 16.5. The molecule has 0 fully saturated rings. The van der Waals surface area contributed by atoms with Gasteiger partial charge in [0.15, 0.2) is 11.6 Å². The van der Waals surface area contributed by atoms with E-state index in [1.165, 1.54) is 0 Å². The smallest absolute Gasteiger partial charge is 0.169 e. The van der Waals surface area contributed by atoms with Crippen molar-refractivity contribution in [3.63, 3.8) is 0 Å². The normalized spacial score (nSPS) is 13.3. The second kappa shape index (κ2) is 5.16. The largest absolute Gasteiger partial charge is 0.490 e. The molecule has 0 aliphatic carbocycles. The number of nitrogens with zero attached hydrogens (tertiary/aromatic N) is 1. The minimum Gasteiger partial charge on any atom is -0.490 e. The molecule has 90 valence electrons. The average molecular weight is 223 g/mol. The summed E-state index contributed by atoms with van der Waals surface area (Å²) >= 11 is 0. The molecule has 1 atom stereocenters. The maximum atomic E-state index is 5.91. The molecule has 4 nitrogen and oxygen atoms in total. The molecule has 4 heteroatoms. The van der Waals surface area contributed by atoms with Crippen LogP contribution in [0.4, 0.5) is 5.82 Å². The van der Waals surface area contributed by atoms with Crippen LogP contribution in [-0.2, 0) is 0 Å². The number of ether oxygens (including phenoxy) is 1. The van der Waals surface area contributed by atoms with Gasteiger partial charge in [-0.2, -0.15) is 0 Å². The molecule has 16 heavy (non-hydrogen) atoms. The van der Waals surface area contributed by atoms with Gasteiger partial charge in [0.05, 0.1) is 6.61 Å². The van der Waals surface area contributed by atoms with E-state index in [0.29, 0.717) is 6.61 Å². The molecule has 0 radical (unpaired) electrons. The summed E-state index contributed by atoms with van der Waals surface area (Å²) in [6, 6.07) is 3.77. The van der Waals surface area contributed by atoms with Crippen molar-refractivity contribution in [1.82, 2.24) is 4.98 Å². The first kappa shape index (κ1) is 12.8. The summed E-state index contributed by atoms with van der Waals surface area (Å²) < 4.78 is 5.50. The third-order valence-electron chi connectivity index (χ3n) is 2.65. The van der Waals surface area contributed by atoms with E-state index >= 15 is 0 Å². The monoisotopic (exact) mass is 223 g/mol. The van der Waals surface area contributed by atoms with Gasteiger partial charge in [0.25, 0.3) is 0 Å². The Hall–Kier alpha value is -1.29. The Morgan fingerprint density at radius 3 is 2.81 bits per heavy atom. The van der Waals surface area contributed by atoms with Crippen molar-refractivity contribution in [1.29, 1.82) is 0 Å². The molecule has 1 aromatic rings. The Bertz CT molecular complexity index is 337. The van der Waals surface area contributed by atoms with E-state index in [4.69, 9.17) is 10.5 Å². The fraction of sp³-hybridized carbons (Fsp3) is 0.583. The van der Waals surface area contributed by atoms with E-state index in [1.54, 1.807) is 6.20 Å². The van der Waals surface area contributed by atoms with E-state index in [1.807, 2.05) is 39.8 Å². The van der Waals surface area contributed by atoms with Gasteiger partial charge in [-0.15, -0.1) is 0 Å². The molecule has 1 aromatic heterocycles. The van der Waals surface area contributed by atoms with E-state index in [-0.39, 0.29) is 11.6 Å². The highest BCUT2D eigenvalue weighted by Crippen LogP contribution is 2.25. The second-order valence-electron chi connectivity index (χ2n) is 4.42. The molecular weight excluding hydrogens is 202 g/mol. The lowest BCUT2D eigenvalue weighted by Gasteiger charge is -2.31. The number of anilines is 1. The number of nitrogens with two attached hydrogens (primary N) is 1. The van der Waals surface area contributed by atoms with Crippen LogP contribution in [-0.4, -0.2) is 23.2 Å². The first-order valence-corrected chi connectivity index (χ1v) is 5.59. The average Bonchev–Trinajstić information content (AvgIpc) is 2.20. The molecule has 1 rings (SSSR count). The number of aromatic nitrogens is 1. The van der Waals surface area contributed by atoms with Gasteiger partial charge in [-0.1, -0.05) is 0 Å². The third-order valence-corrected chi connectivity index (χ3v) is 2.65. The number of hydrogen-bond donors (Lipinski definition) is 2. The van der Waals surface area contributed by atoms with Crippen LogP contribution in [0.5, 0.6) is 5.75 Å². The predicted molar refractivity (Wildman–Crippen MR) is 66.8 cm³/mol. The molecule has 0 aliphatic heterocycles. The number of nitrogens with one attached hydrogen (secondary N) is 1. The van der Waals surface area contributed by atoms with E-state index in [0.717, 1.165) is 11.6 Å². The molecule has 0 saturated heterocycles. The Kier molecular flexibility index (Phi) is 4.12. The summed E-state index contributed by atoms with van der Waals surface area (Å²) in [6.45, 7) is 8.63. The van der Waals surface area contributed by atoms with Crippen LogP contribution in [0.1, 0.15) is 27.7 Å². The van der Waals surface area contributed by atoms with Gasteiger partial charge in [-0.25, -0.2) is 4.98 Å². The Balaban J connectivity index is 2.88. The standard InChI is InChI=1S/C12H21N3O/c1-5-16-10-7-6-8-14-11(10)15-12(3,4)9(2)13/h6-9H,5,13H2,1-4H3,(H,14,15). The van der Waals surface area contributed by atoms with Gasteiger partial charge in [0.2, 0.25) is 0 Å². The quantitative estimate of drug-likeness (QED) is 0.801.